The summed E-state index contributed by atoms with van der Waals surface area (Å²) in [5.74, 6) is 2.13. The van der Waals surface area contributed by atoms with E-state index in [9.17, 15) is 0 Å². The number of ether oxygens (including phenoxy) is 2. The van der Waals surface area contributed by atoms with Crippen LogP contribution in [0.25, 0.3) is 5.69 Å². The molecule has 1 aromatic heterocycles. The molecule has 0 bridgehead atoms. The second-order valence-corrected chi connectivity index (χ2v) is 4.79. The summed E-state index contributed by atoms with van der Waals surface area (Å²) >= 11 is 0. The summed E-state index contributed by atoms with van der Waals surface area (Å²) in [7, 11) is 0. The number of aromatic nitrogens is 4. The fraction of sp³-hybridized carbons (Fsp3) is 0.133. The van der Waals surface area contributed by atoms with Gasteiger partial charge in [0.15, 0.2) is 11.5 Å². The van der Waals surface area contributed by atoms with Crippen LogP contribution >= 0.6 is 0 Å². The van der Waals surface area contributed by atoms with Gasteiger partial charge < -0.3 is 14.8 Å². The predicted octanol–water partition coefficient (Wildman–Crippen LogP) is 2.00. The first-order valence-corrected chi connectivity index (χ1v) is 6.86. The van der Waals surface area contributed by atoms with Crippen molar-refractivity contribution in [2.45, 2.75) is 6.54 Å². The van der Waals surface area contributed by atoms with E-state index in [1.807, 2.05) is 48.5 Å². The molecule has 7 nitrogen and oxygen atoms in total. The van der Waals surface area contributed by atoms with Crippen LogP contribution < -0.4 is 14.8 Å². The smallest absolute Gasteiger partial charge is 0.248 e. The van der Waals surface area contributed by atoms with E-state index in [0.717, 1.165) is 22.7 Å². The number of fused-ring (bicyclic) bond motifs is 1. The first-order chi connectivity index (χ1) is 10.9. The third-order valence-corrected chi connectivity index (χ3v) is 3.36. The third kappa shape index (κ3) is 2.32. The van der Waals surface area contributed by atoms with Gasteiger partial charge in [0.25, 0.3) is 0 Å². The zero-order valence-corrected chi connectivity index (χ0v) is 11.6. The van der Waals surface area contributed by atoms with Gasteiger partial charge in [-0.1, -0.05) is 29.4 Å². The summed E-state index contributed by atoms with van der Waals surface area (Å²) in [6.45, 7) is 0.863. The van der Waals surface area contributed by atoms with Crippen molar-refractivity contribution in [1.82, 2.24) is 20.2 Å². The first kappa shape index (κ1) is 12.6. The van der Waals surface area contributed by atoms with Crippen LogP contribution in [-0.4, -0.2) is 27.0 Å². The van der Waals surface area contributed by atoms with E-state index in [0.29, 0.717) is 12.5 Å². The molecule has 0 saturated heterocycles. The molecule has 1 aliphatic rings. The van der Waals surface area contributed by atoms with Crippen molar-refractivity contribution in [3.63, 3.8) is 0 Å². The normalized spacial score (nSPS) is 12.4. The average molecular weight is 295 g/mol. The van der Waals surface area contributed by atoms with Crippen LogP contribution in [-0.2, 0) is 6.54 Å². The summed E-state index contributed by atoms with van der Waals surface area (Å²) in [6.07, 6.45) is 0. The zero-order chi connectivity index (χ0) is 14.8. The van der Waals surface area contributed by atoms with E-state index in [2.05, 4.69) is 20.8 Å². The number of hydrogen-bond acceptors (Lipinski definition) is 6. The predicted molar refractivity (Wildman–Crippen MR) is 79.0 cm³/mol. The molecule has 110 valence electrons. The molecule has 3 aromatic rings. The van der Waals surface area contributed by atoms with Crippen molar-refractivity contribution >= 4 is 5.95 Å². The number of rotatable bonds is 4. The first-order valence-electron chi connectivity index (χ1n) is 6.86. The van der Waals surface area contributed by atoms with E-state index in [1.165, 1.54) is 0 Å². The van der Waals surface area contributed by atoms with Gasteiger partial charge in [-0.2, -0.15) is 4.68 Å². The van der Waals surface area contributed by atoms with E-state index < -0.39 is 0 Å². The Bertz CT molecular complexity index is 788. The molecule has 0 amide bonds. The Labute approximate surface area is 126 Å². The Morgan fingerprint density at radius 1 is 1.05 bits per heavy atom. The number of benzene rings is 2. The van der Waals surface area contributed by atoms with Crippen LogP contribution in [0.15, 0.2) is 48.5 Å². The molecule has 0 fully saturated rings. The number of hydrogen-bond donors (Lipinski definition) is 1. The molecule has 4 rings (SSSR count). The number of tetrazole rings is 1. The Morgan fingerprint density at radius 2 is 1.91 bits per heavy atom. The molecule has 0 saturated carbocycles. The average Bonchev–Trinajstić information content (AvgIpc) is 3.22. The molecular weight excluding hydrogens is 282 g/mol. The molecule has 0 spiro atoms. The van der Waals surface area contributed by atoms with Crippen molar-refractivity contribution in [1.29, 1.82) is 0 Å². The minimum Gasteiger partial charge on any atom is -0.454 e. The standard InChI is InChI=1S/C15H13N5O2/c1-2-4-12(5-3-1)20-15(17-18-19-20)16-9-11-6-7-13-14(8-11)22-10-21-13/h1-8H,9-10H2,(H,16,17,19). The lowest BCUT2D eigenvalue weighted by molar-refractivity contribution is 0.174. The van der Waals surface area contributed by atoms with Gasteiger partial charge in [-0.3, -0.25) is 0 Å². The zero-order valence-electron chi connectivity index (χ0n) is 11.6. The Morgan fingerprint density at radius 3 is 2.82 bits per heavy atom. The van der Waals surface area contributed by atoms with Gasteiger partial charge in [-0.05, 0) is 40.3 Å². The minimum absolute atomic E-state index is 0.276. The highest BCUT2D eigenvalue weighted by atomic mass is 16.7. The highest BCUT2D eigenvalue weighted by Gasteiger charge is 2.13. The van der Waals surface area contributed by atoms with Crippen LogP contribution in [0.4, 0.5) is 5.95 Å². The molecule has 22 heavy (non-hydrogen) atoms. The molecule has 1 N–H and O–H groups in total. The molecule has 0 atom stereocenters. The molecule has 2 aromatic carbocycles. The largest absolute Gasteiger partial charge is 0.454 e. The van der Waals surface area contributed by atoms with Crippen LogP contribution in [0, 0.1) is 0 Å². The van der Waals surface area contributed by atoms with E-state index in [4.69, 9.17) is 9.47 Å². The van der Waals surface area contributed by atoms with Crippen molar-refractivity contribution in [3.8, 4) is 17.2 Å². The van der Waals surface area contributed by atoms with Crippen molar-refractivity contribution < 1.29 is 9.47 Å². The van der Waals surface area contributed by atoms with Gasteiger partial charge in [0.05, 0.1) is 5.69 Å². The maximum atomic E-state index is 5.37. The lowest BCUT2D eigenvalue weighted by Crippen LogP contribution is -2.07. The summed E-state index contributed by atoms with van der Waals surface area (Å²) < 4.78 is 12.3. The Balaban J connectivity index is 1.52. The van der Waals surface area contributed by atoms with E-state index >= 15 is 0 Å². The molecule has 1 aliphatic heterocycles. The van der Waals surface area contributed by atoms with Gasteiger partial charge in [-0.15, -0.1) is 0 Å². The number of nitrogens with one attached hydrogen (secondary N) is 1. The quantitative estimate of drug-likeness (QED) is 0.793. The summed E-state index contributed by atoms with van der Waals surface area (Å²) in [6, 6.07) is 15.6. The lowest BCUT2D eigenvalue weighted by atomic mass is 10.2. The second kappa shape index (κ2) is 5.36. The second-order valence-electron chi connectivity index (χ2n) is 4.79. The molecule has 0 unspecified atom stereocenters. The van der Waals surface area contributed by atoms with Gasteiger partial charge in [-0.25, -0.2) is 0 Å². The number of anilines is 1. The molecule has 2 heterocycles. The number of para-hydroxylation sites is 1. The lowest BCUT2D eigenvalue weighted by Gasteiger charge is -2.07. The highest BCUT2D eigenvalue weighted by molar-refractivity contribution is 5.45. The molecule has 7 heteroatoms. The van der Waals surface area contributed by atoms with Gasteiger partial charge in [0.2, 0.25) is 12.7 Å². The maximum Gasteiger partial charge on any atom is 0.248 e. The van der Waals surface area contributed by atoms with Gasteiger partial charge in [0, 0.05) is 6.54 Å². The fourth-order valence-electron chi connectivity index (χ4n) is 2.27. The van der Waals surface area contributed by atoms with E-state index in [1.54, 1.807) is 4.68 Å². The van der Waals surface area contributed by atoms with Crippen LogP contribution in [0.3, 0.4) is 0 Å². The minimum atomic E-state index is 0.276. The maximum absolute atomic E-state index is 5.37. The SMILES string of the molecule is c1ccc(-n2nnnc2NCc2ccc3c(c2)OCO3)cc1. The van der Waals surface area contributed by atoms with Crippen molar-refractivity contribution in [3.05, 3.63) is 54.1 Å². The monoisotopic (exact) mass is 295 g/mol. The Hall–Kier alpha value is -3.09. The van der Waals surface area contributed by atoms with Crippen LogP contribution in [0.1, 0.15) is 5.56 Å². The third-order valence-electron chi connectivity index (χ3n) is 3.36. The number of nitrogens with zero attached hydrogens (tertiary/aromatic N) is 4. The van der Waals surface area contributed by atoms with Crippen molar-refractivity contribution in [2.75, 3.05) is 12.1 Å². The van der Waals surface area contributed by atoms with Crippen LogP contribution in [0.2, 0.25) is 0 Å². The van der Waals surface area contributed by atoms with E-state index in [-0.39, 0.29) is 6.79 Å². The highest BCUT2D eigenvalue weighted by Crippen LogP contribution is 2.32. The summed E-state index contributed by atoms with van der Waals surface area (Å²) in [4.78, 5) is 0. The van der Waals surface area contributed by atoms with Crippen LogP contribution in [0.5, 0.6) is 11.5 Å². The summed E-state index contributed by atoms with van der Waals surface area (Å²) in [5.41, 5.74) is 1.97. The van der Waals surface area contributed by atoms with Crippen molar-refractivity contribution in [2.24, 2.45) is 0 Å². The molecular formula is C15H13N5O2. The van der Waals surface area contributed by atoms with Gasteiger partial charge in [0.1, 0.15) is 0 Å². The summed E-state index contributed by atoms with van der Waals surface area (Å²) in [5, 5.41) is 15.0. The topological polar surface area (TPSA) is 74.1 Å². The Kier molecular flexibility index (Phi) is 3.08. The van der Waals surface area contributed by atoms with Gasteiger partial charge >= 0.3 is 0 Å². The molecule has 0 aliphatic carbocycles. The fourth-order valence-corrected chi connectivity index (χ4v) is 2.27. The molecule has 0 radical (unpaired) electrons.